The Morgan fingerprint density at radius 2 is 1.59 bits per heavy atom. The van der Waals surface area contributed by atoms with E-state index >= 15 is 0 Å². The van der Waals surface area contributed by atoms with Gasteiger partial charge in [-0.25, -0.2) is 0 Å². The quantitative estimate of drug-likeness (QED) is 0.265. The molecule has 2 aliphatic heterocycles. The van der Waals surface area contributed by atoms with Crippen molar-refractivity contribution in [1.82, 2.24) is 20.4 Å². The number of morpholine rings is 1. The lowest BCUT2D eigenvalue weighted by Crippen LogP contribution is -2.42. The van der Waals surface area contributed by atoms with Crippen LogP contribution in [-0.2, 0) is 19.1 Å². The van der Waals surface area contributed by atoms with E-state index in [1.54, 1.807) is 18.2 Å². The molecular formula is C33H36Cl2N4O4S. The van der Waals surface area contributed by atoms with Gasteiger partial charge in [-0.2, -0.15) is 0 Å². The molecule has 0 saturated carbocycles. The molecular weight excluding hydrogens is 619 g/mol. The Hall–Kier alpha value is -3.08. The van der Waals surface area contributed by atoms with Crippen LogP contribution < -0.4 is 10.6 Å². The van der Waals surface area contributed by atoms with Crippen molar-refractivity contribution in [2.75, 3.05) is 45.9 Å². The number of thioether (sulfide) groups is 1. The summed E-state index contributed by atoms with van der Waals surface area (Å²) in [6.45, 7) is 4.48. The fourth-order valence-electron chi connectivity index (χ4n) is 5.43. The Balaban J connectivity index is 1.26. The predicted molar refractivity (Wildman–Crippen MR) is 175 cm³/mol. The van der Waals surface area contributed by atoms with E-state index in [1.807, 2.05) is 60.7 Å². The zero-order chi connectivity index (χ0) is 30.9. The lowest BCUT2D eigenvalue weighted by Gasteiger charge is -2.26. The highest BCUT2D eigenvalue weighted by molar-refractivity contribution is 8.01. The summed E-state index contributed by atoms with van der Waals surface area (Å²) in [6, 6.07) is 24.2. The number of hydrogen-bond acceptors (Lipinski definition) is 6. The van der Waals surface area contributed by atoms with Crippen LogP contribution in [0.4, 0.5) is 0 Å². The number of halogens is 2. The van der Waals surface area contributed by atoms with Crippen LogP contribution >= 0.6 is 35.0 Å². The van der Waals surface area contributed by atoms with Crippen molar-refractivity contribution in [2.45, 2.75) is 29.5 Å². The lowest BCUT2D eigenvalue weighted by molar-refractivity contribution is -0.136. The van der Waals surface area contributed by atoms with Crippen molar-refractivity contribution in [1.29, 1.82) is 0 Å². The molecule has 3 aromatic carbocycles. The van der Waals surface area contributed by atoms with Crippen molar-refractivity contribution >= 4 is 52.7 Å². The van der Waals surface area contributed by atoms with Crippen molar-refractivity contribution in [3.05, 3.63) is 106 Å². The van der Waals surface area contributed by atoms with Gasteiger partial charge in [-0.15, -0.1) is 11.8 Å². The molecule has 11 heteroatoms. The van der Waals surface area contributed by atoms with Crippen molar-refractivity contribution < 1.29 is 19.1 Å². The second-order valence-corrected chi connectivity index (χ2v) is 12.9. The molecule has 2 atom stereocenters. The Morgan fingerprint density at radius 1 is 0.932 bits per heavy atom. The normalized spacial score (nSPS) is 18.9. The van der Waals surface area contributed by atoms with E-state index in [4.69, 9.17) is 27.9 Å². The van der Waals surface area contributed by atoms with Crippen LogP contribution in [0, 0.1) is 0 Å². The Kier molecular flexibility index (Phi) is 11.6. The summed E-state index contributed by atoms with van der Waals surface area (Å²) < 4.78 is 5.39. The summed E-state index contributed by atoms with van der Waals surface area (Å²) in [5, 5.41) is 5.73. The van der Waals surface area contributed by atoms with Gasteiger partial charge in [0.25, 0.3) is 0 Å². The molecule has 2 N–H and O–H groups in total. The monoisotopic (exact) mass is 654 g/mol. The molecule has 0 spiro atoms. The third-order valence-corrected chi connectivity index (χ3v) is 9.72. The molecule has 8 nitrogen and oxygen atoms in total. The smallest absolute Gasteiger partial charge is 0.239 e. The van der Waals surface area contributed by atoms with Gasteiger partial charge in [0.05, 0.1) is 24.5 Å². The maximum absolute atomic E-state index is 13.8. The molecule has 232 valence electrons. The second-order valence-electron chi connectivity index (χ2n) is 10.8. The maximum atomic E-state index is 13.8. The minimum Gasteiger partial charge on any atom is -0.379 e. The molecule has 3 aromatic rings. The fraction of sp³-hybridized carbons (Fsp3) is 0.364. The Labute approximate surface area is 272 Å². The van der Waals surface area contributed by atoms with E-state index in [9.17, 15) is 14.4 Å². The van der Waals surface area contributed by atoms with Gasteiger partial charge in [0.15, 0.2) is 0 Å². The minimum atomic E-state index is -0.687. The van der Waals surface area contributed by atoms with Crippen LogP contribution in [0.3, 0.4) is 0 Å². The van der Waals surface area contributed by atoms with E-state index in [0.29, 0.717) is 22.2 Å². The zero-order valence-electron chi connectivity index (χ0n) is 24.3. The van der Waals surface area contributed by atoms with Crippen molar-refractivity contribution in [3.63, 3.8) is 0 Å². The number of rotatable bonds is 12. The maximum Gasteiger partial charge on any atom is 0.239 e. The van der Waals surface area contributed by atoms with Gasteiger partial charge in [-0.1, -0.05) is 89.9 Å². The number of ether oxygens (including phenoxy) is 1. The van der Waals surface area contributed by atoms with Gasteiger partial charge < -0.3 is 20.3 Å². The SMILES string of the molecule is O=C(CN1C(=O)[C@@H](CC(=O)NC(c2ccccc2)c2ccccc2)S[C@@H]1c1ccc(Cl)cc1Cl)NCCCN1CCOCC1. The van der Waals surface area contributed by atoms with Crippen LogP contribution in [0.1, 0.15) is 40.9 Å². The van der Waals surface area contributed by atoms with Crippen LogP contribution in [0.2, 0.25) is 10.0 Å². The molecule has 2 aliphatic rings. The summed E-state index contributed by atoms with van der Waals surface area (Å²) in [7, 11) is 0. The minimum absolute atomic E-state index is 0.0426. The third kappa shape index (κ3) is 8.55. The molecule has 2 heterocycles. The average Bonchev–Trinajstić information content (AvgIpc) is 3.33. The van der Waals surface area contributed by atoms with E-state index in [2.05, 4.69) is 15.5 Å². The van der Waals surface area contributed by atoms with E-state index < -0.39 is 10.6 Å². The highest BCUT2D eigenvalue weighted by atomic mass is 35.5. The number of carbonyl (C=O) groups excluding carboxylic acids is 3. The number of amides is 3. The second kappa shape index (κ2) is 15.8. The van der Waals surface area contributed by atoms with Gasteiger partial charge in [0.2, 0.25) is 17.7 Å². The van der Waals surface area contributed by atoms with Crippen LogP contribution in [0.25, 0.3) is 0 Å². The first kappa shape index (κ1) is 32.3. The summed E-state index contributed by atoms with van der Waals surface area (Å²) >= 11 is 14.0. The summed E-state index contributed by atoms with van der Waals surface area (Å²) in [4.78, 5) is 44.1. The predicted octanol–water partition coefficient (Wildman–Crippen LogP) is 5.07. The third-order valence-electron chi connectivity index (χ3n) is 7.70. The molecule has 3 amide bonds. The van der Waals surface area contributed by atoms with Crippen LogP contribution in [-0.4, -0.2) is 78.7 Å². The first-order valence-electron chi connectivity index (χ1n) is 14.8. The molecule has 0 unspecified atom stereocenters. The highest BCUT2D eigenvalue weighted by Gasteiger charge is 2.43. The summed E-state index contributed by atoms with van der Waals surface area (Å²) in [5.41, 5.74) is 2.55. The zero-order valence-corrected chi connectivity index (χ0v) is 26.6. The molecule has 5 rings (SSSR count). The summed E-state index contributed by atoms with van der Waals surface area (Å²) in [6.07, 6.45) is 0.757. The molecule has 0 aromatic heterocycles. The molecule has 2 saturated heterocycles. The van der Waals surface area contributed by atoms with E-state index in [-0.39, 0.29) is 36.7 Å². The largest absolute Gasteiger partial charge is 0.379 e. The molecule has 0 bridgehead atoms. The number of carbonyl (C=O) groups is 3. The number of benzene rings is 3. The van der Waals surface area contributed by atoms with Gasteiger partial charge >= 0.3 is 0 Å². The van der Waals surface area contributed by atoms with E-state index in [0.717, 1.165) is 50.4 Å². The molecule has 44 heavy (non-hydrogen) atoms. The topological polar surface area (TPSA) is 91.0 Å². The molecule has 0 aliphatic carbocycles. The lowest BCUT2D eigenvalue weighted by atomic mass is 9.98. The van der Waals surface area contributed by atoms with Gasteiger partial charge in [0.1, 0.15) is 11.9 Å². The van der Waals surface area contributed by atoms with Crippen LogP contribution in [0.15, 0.2) is 78.9 Å². The Morgan fingerprint density at radius 3 is 2.23 bits per heavy atom. The highest BCUT2D eigenvalue weighted by Crippen LogP contribution is 2.46. The average molecular weight is 656 g/mol. The standard InChI is InChI=1S/C33H36Cl2N4O4S/c34-25-12-13-26(27(35)20-25)33-39(22-30(41)36-14-7-15-38-16-18-43-19-17-38)32(42)28(44-33)21-29(40)37-31(23-8-3-1-4-9-23)24-10-5-2-6-11-24/h1-6,8-13,20,28,31,33H,7,14-19,21-22H2,(H,36,41)(H,37,40)/t28-,33-/m1/s1. The number of hydrogen-bond donors (Lipinski definition) is 2. The van der Waals surface area contributed by atoms with E-state index in [1.165, 1.54) is 16.7 Å². The number of nitrogens with zero attached hydrogens (tertiary/aromatic N) is 2. The van der Waals surface area contributed by atoms with Crippen molar-refractivity contribution in [2.24, 2.45) is 0 Å². The Bertz CT molecular complexity index is 1390. The number of nitrogens with one attached hydrogen (secondary N) is 2. The molecule has 2 fully saturated rings. The van der Waals surface area contributed by atoms with Gasteiger partial charge in [-0.3, -0.25) is 19.3 Å². The fourth-order valence-corrected chi connectivity index (χ4v) is 7.50. The molecule has 0 radical (unpaired) electrons. The van der Waals surface area contributed by atoms with Crippen LogP contribution in [0.5, 0.6) is 0 Å². The van der Waals surface area contributed by atoms with Gasteiger partial charge in [-0.05, 0) is 36.2 Å². The first-order valence-corrected chi connectivity index (χ1v) is 16.5. The van der Waals surface area contributed by atoms with Gasteiger partial charge in [0, 0.05) is 41.7 Å². The van der Waals surface area contributed by atoms with Crippen molar-refractivity contribution in [3.8, 4) is 0 Å². The first-order chi connectivity index (χ1) is 21.4. The summed E-state index contributed by atoms with van der Waals surface area (Å²) in [5.74, 6) is -0.793.